The van der Waals surface area contributed by atoms with Crippen LogP contribution < -0.4 is 5.32 Å². The van der Waals surface area contributed by atoms with Gasteiger partial charge >= 0.3 is 0 Å². The van der Waals surface area contributed by atoms with E-state index in [4.69, 9.17) is 5.26 Å². The Hall–Kier alpha value is -2.17. The van der Waals surface area contributed by atoms with Crippen LogP contribution in [0.4, 0.5) is 0 Å². The average Bonchev–Trinajstić information content (AvgIpc) is 3.07. The van der Waals surface area contributed by atoms with Gasteiger partial charge in [0.25, 0.3) is 0 Å². The van der Waals surface area contributed by atoms with Crippen LogP contribution >= 0.6 is 0 Å². The molecule has 1 aromatic carbocycles. The number of nitriles is 1. The van der Waals surface area contributed by atoms with Gasteiger partial charge in [-0.15, -0.1) is 0 Å². The quantitative estimate of drug-likeness (QED) is 0.911. The number of sulfone groups is 1. The van der Waals surface area contributed by atoms with Crippen molar-refractivity contribution in [2.24, 2.45) is 7.05 Å². The van der Waals surface area contributed by atoms with E-state index in [2.05, 4.69) is 16.5 Å². The number of hydrogen-bond donors (Lipinski definition) is 1. The first-order valence-corrected chi connectivity index (χ1v) is 9.26. The van der Waals surface area contributed by atoms with Crippen molar-refractivity contribution < 1.29 is 8.42 Å². The second-order valence-corrected chi connectivity index (χ2v) is 8.08. The number of benzene rings is 1. The predicted octanol–water partition coefficient (Wildman–Crippen LogP) is 1.24. The minimum atomic E-state index is -2.88. The minimum Gasteiger partial charge on any atom is -0.309 e. The summed E-state index contributed by atoms with van der Waals surface area (Å²) in [4.78, 5) is 0. The third-order valence-corrected chi connectivity index (χ3v) is 5.77. The Balaban J connectivity index is 1.76. The highest BCUT2D eigenvalue weighted by Gasteiger charge is 2.27. The number of nitrogens with zero attached hydrogens (tertiary/aromatic N) is 3. The van der Waals surface area contributed by atoms with Crippen molar-refractivity contribution in [3.05, 3.63) is 41.6 Å². The molecule has 1 saturated heterocycles. The van der Waals surface area contributed by atoms with Crippen molar-refractivity contribution in [1.82, 2.24) is 15.1 Å². The van der Waals surface area contributed by atoms with Crippen LogP contribution in [0.5, 0.6) is 0 Å². The second-order valence-electron chi connectivity index (χ2n) is 5.85. The molecule has 120 valence electrons. The summed E-state index contributed by atoms with van der Waals surface area (Å²) in [6.07, 6.45) is 2.60. The predicted molar refractivity (Wildman–Crippen MR) is 87.3 cm³/mol. The molecular formula is C16H18N4O2S. The molecular weight excluding hydrogens is 312 g/mol. The molecule has 1 N–H and O–H groups in total. The molecule has 0 amide bonds. The third kappa shape index (κ3) is 3.60. The van der Waals surface area contributed by atoms with Crippen LogP contribution in [-0.2, 0) is 23.4 Å². The van der Waals surface area contributed by atoms with Crippen LogP contribution in [-0.4, -0.2) is 35.7 Å². The number of aryl methyl sites for hydroxylation is 1. The maximum atomic E-state index is 11.5. The van der Waals surface area contributed by atoms with Crippen molar-refractivity contribution in [3.8, 4) is 17.3 Å². The smallest absolute Gasteiger partial charge is 0.151 e. The monoisotopic (exact) mass is 330 g/mol. The van der Waals surface area contributed by atoms with Gasteiger partial charge in [-0.05, 0) is 18.6 Å². The maximum Gasteiger partial charge on any atom is 0.151 e. The summed E-state index contributed by atoms with van der Waals surface area (Å²) in [5, 5.41) is 16.7. The zero-order chi connectivity index (χ0) is 16.4. The number of nitrogens with one attached hydrogen (secondary N) is 1. The molecule has 0 aliphatic carbocycles. The molecule has 2 heterocycles. The lowest BCUT2D eigenvalue weighted by molar-refractivity contribution is 0.554. The van der Waals surface area contributed by atoms with Gasteiger partial charge in [-0.25, -0.2) is 8.42 Å². The van der Waals surface area contributed by atoms with E-state index in [1.807, 2.05) is 25.4 Å². The maximum absolute atomic E-state index is 11.5. The normalized spacial score (nSPS) is 19.6. The summed E-state index contributed by atoms with van der Waals surface area (Å²) in [5.74, 6) is 0.472. The van der Waals surface area contributed by atoms with E-state index >= 15 is 0 Å². The first-order chi connectivity index (χ1) is 11.0. The highest BCUT2D eigenvalue weighted by Crippen LogP contribution is 2.23. The Bertz CT molecular complexity index is 847. The highest BCUT2D eigenvalue weighted by atomic mass is 32.2. The molecule has 3 rings (SSSR count). The number of aromatic nitrogens is 2. The van der Waals surface area contributed by atoms with Crippen LogP contribution in [0.2, 0.25) is 0 Å². The molecule has 1 aromatic heterocycles. The topological polar surface area (TPSA) is 87.8 Å². The Morgan fingerprint density at radius 1 is 1.39 bits per heavy atom. The van der Waals surface area contributed by atoms with Gasteiger partial charge in [0.1, 0.15) is 0 Å². The Morgan fingerprint density at radius 2 is 2.13 bits per heavy atom. The van der Waals surface area contributed by atoms with E-state index in [9.17, 15) is 8.42 Å². The van der Waals surface area contributed by atoms with Crippen LogP contribution in [0.15, 0.2) is 30.5 Å². The molecule has 6 nitrogen and oxygen atoms in total. The van der Waals surface area contributed by atoms with Gasteiger partial charge in [0.2, 0.25) is 0 Å². The van der Waals surface area contributed by atoms with Crippen molar-refractivity contribution in [3.63, 3.8) is 0 Å². The van der Waals surface area contributed by atoms with E-state index in [1.165, 1.54) is 0 Å². The SMILES string of the molecule is Cn1cc(CN[C@@H]2CCS(=O)(=O)C2)c(-c2ccc(C#N)cc2)n1. The molecule has 0 spiro atoms. The van der Waals surface area contributed by atoms with E-state index in [0.717, 1.165) is 16.8 Å². The molecule has 0 radical (unpaired) electrons. The molecule has 1 aliphatic heterocycles. The van der Waals surface area contributed by atoms with Crippen molar-refractivity contribution in [1.29, 1.82) is 5.26 Å². The van der Waals surface area contributed by atoms with Gasteiger partial charge in [0, 0.05) is 37.0 Å². The number of rotatable bonds is 4. The molecule has 1 fully saturated rings. The summed E-state index contributed by atoms with van der Waals surface area (Å²) in [6.45, 7) is 0.573. The van der Waals surface area contributed by atoms with E-state index in [-0.39, 0.29) is 17.5 Å². The fraction of sp³-hybridized carbons (Fsp3) is 0.375. The summed E-state index contributed by atoms with van der Waals surface area (Å²) in [7, 11) is -1.02. The fourth-order valence-corrected chi connectivity index (χ4v) is 4.53. The van der Waals surface area contributed by atoms with E-state index in [1.54, 1.807) is 16.8 Å². The minimum absolute atomic E-state index is 0.00835. The fourth-order valence-electron chi connectivity index (χ4n) is 2.82. The molecule has 23 heavy (non-hydrogen) atoms. The van der Waals surface area contributed by atoms with E-state index in [0.29, 0.717) is 18.5 Å². The van der Waals surface area contributed by atoms with Gasteiger partial charge in [0.05, 0.1) is 28.8 Å². The first-order valence-electron chi connectivity index (χ1n) is 7.44. The van der Waals surface area contributed by atoms with Crippen molar-refractivity contribution in [2.75, 3.05) is 11.5 Å². The van der Waals surface area contributed by atoms with Gasteiger partial charge in [0.15, 0.2) is 9.84 Å². The summed E-state index contributed by atoms with van der Waals surface area (Å²) in [5.41, 5.74) is 3.42. The summed E-state index contributed by atoms with van der Waals surface area (Å²) < 4.78 is 24.8. The lowest BCUT2D eigenvalue weighted by Gasteiger charge is -2.10. The van der Waals surface area contributed by atoms with Crippen LogP contribution in [0.3, 0.4) is 0 Å². The molecule has 1 atom stereocenters. The van der Waals surface area contributed by atoms with Crippen LogP contribution in [0.1, 0.15) is 17.5 Å². The lowest BCUT2D eigenvalue weighted by atomic mass is 10.1. The Kier molecular flexibility index (Phi) is 4.20. The van der Waals surface area contributed by atoms with Crippen LogP contribution in [0, 0.1) is 11.3 Å². The van der Waals surface area contributed by atoms with Gasteiger partial charge < -0.3 is 5.32 Å². The molecule has 0 unspecified atom stereocenters. The third-order valence-electron chi connectivity index (χ3n) is 4.01. The van der Waals surface area contributed by atoms with Crippen molar-refractivity contribution >= 4 is 9.84 Å². The summed E-state index contributed by atoms with van der Waals surface area (Å²) in [6, 6.07) is 9.40. The lowest BCUT2D eigenvalue weighted by Crippen LogP contribution is -2.29. The van der Waals surface area contributed by atoms with Gasteiger partial charge in [-0.1, -0.05) is 12.1 Å². The van der Waals surface area contributed by atoms with Crippen molar-refractivity contribution in [2.45, 2.75) is 19.0 Å². The first kappa shape index (κ1) is 15.7. The van der Waals surface area contributed by atoms with Crippen LogP contribution in [0.25, 0.3) is 11.3 Å². The zero-order valence-corrected chi connectivity index (χ0v) is 13.7. The Labute approximate surface area is 135 Å². The standard InChI is InChI=1S/C16H18N4O2S/c1-20-10-14(9-18-15-6-7-23(21,22)11-15)16(19-20)13-4-2-12(8-17)3-5-13/h2-5,10,15,18H,6-7,9,11H2,1H3/t15-/m1/s1. The van der Waals surface area contributed by atoms with Gasteiger partial charge in [-0.2, -0.15) is 10.4 Å². The van der Waals surface area contributed by atoms with E-state index < -0.39 is 9.84 Å². The molecule has 0 bridgehead atoms. The second kappa shape index (κ2) is 6.14. The largest absolute Gasteiger partial charge is 0.309 e. The Morgan fingerprint density at radius 3 is 2.74 bits per heavy atom. The molecule has 2 aromatic rings. The average molecular weight is 330 g/mol. The number of hydrogen-bond acceptors (Lipinski definition) is 5. The zero-order valence-electron chi connectivity index (χ0n) is 12.9. The molecule has 7 heteroatoms. The summed E-state index contributed by atoms with van der Waals surface area (Å²) >= 11 is 0. The highest BCUT2D eigenvalue weighted by molar-refractivity contribution is 7.91. The molecule has 0 saturated carbocycles. The molecule has 1 aliphatic rings. The van der Waals surface area contributed by atoms with Gasteiger partial charge in [-0.3, -0.25) is 4.68 Å².